The molecule has 0 radical (unpaired) electrons. The number of β-amino-alcohol motifs (C(OH)–C–C–N with tert-alkyl or cyclic N) is 1. The molecule has 1 aromatic carbocycles. The predicted molar refractivity (Wildman–Crippen MR) is 105 cm³/mol. The molecule has 1 aliphatic carbocycles. The van der Waals surface area contributed by atoms with Gasteiger partial charge in [-0.1, -0.05) is 45.2 Å². The van der Waals surface area contributed by atoms with Crippen LogP contribution in [0.5, 0.6) is 0 Å². The van der Waals surface area contributed by atoms with E-state index in [4.69, 9.17) is 0 Å². The Bertz CT molecular complexity index is 790. The van der Waals surface area contributed by atoms with Gasteiger partial charge in [0.25, 0.3) is 0 Å². The molecule has 2 heterocycles. The summed E-state index contributed by atoms with van der Waals surface area (Å²) in [5.74, 6) is 0. The summed E-state index contributed by atoms with van der Waals surface area (Å²) in [7, 11) is 0. The molecule has 134 valence electrons. The standard InChI is InChI=1S/C22H30N2O/c1-3-5-10-22(25)13-18-17-8-7-9-19-21(17)16(14-23-19)12-20(18)24(15-22)11-6-4-2/h7-9,13-14,20,23,25H,3-6,10-12,15H2,1-2H3/t20-,22+/m1/s1. The van der Waals surface area contributed by atoms with Crippen LogP contribution in [0.15, 0.2) is 30.5 Å². The molecule has 0 unspecified atom stereocenters. The van der Waals surface area contributed by atoms with Crippen LogP contribution in [0.2, 0.25) is 0 Å². The normalized spacial score (nSPS) is 25.9. The zero-order chi connectivity index (χ0) is 17.4. The maximum absolute atomic E-state index is 11.3. The molecule has 2 aliphatic rings. The van der Waals surface area contributed by atoms with Gasteiger partial charge in [0, 0.05) is 29.7 Å². The minimum absolute atomic E-state index is 0.405. The largest absolute Gasteiger partial charge is 0.384 e. The van der Waals surface area contributed by atoms with Gasteiger partial charge < -0.3 is 10.1 Å². The molecule has 2 N–H and O–H groups in total. The fourth-order valence-electron chi connectivity index (χ4n) is 4.68. The van der Waals surface area contributed by atoms with Crippen LogP contribution in [0, 0.1) is 0 Å². The van der Waals surface area contributed by atoms with Crippen molar-refractivity contribution in [1.29, 1.82) is 0 Å². The van der Waals surface area contributed by atoms with Crippen LogP contribution in [0.4, 0.5) is 0 Å². The number of hydrogen-bond acceptors (Lipinski definition) is 2. The Kier molecular flexibility index (Phi) is 4.47. The molecule has 0 spiro atoms. The van der Waals surface area contributed by atoms with Crippen LogP contribution >= 0.6 is 0 Å². The first-order valence-electron chi connectivity index (χ1n) is 9.93. The molecule has 2 aromatic rings. The van der Waals surface area contributed by atoms with Gasteiger partial charge in [-0.15, -0.1) is 0 Å². The van der Waals surface area contributed by atoms with E-state index in [2.05, 4.69) is 54.2 Å². The summed E-state index contributed by atoms with van der Waals surface area (Å²) in [5.41, 5.74) is 4.62. The zero-order valence-electron chi connectivity index (χ0n) is 15.5. The summed E-state index contributed by atoms with van der Waals surface area (Å²) in [4.78, 5) is 5.98. The molecule has 1 aromatic heterocycles. The lowest BCUT2D eigenvalue weighted by molar-refractivity contribution is 0.0189. The summed E-state index contributed by atoms with van der Waals surface area (Å²) in [6, 6.07) is 6.94. The Balaban J connectivity index is 1.79. The van der Waals surface area contributed by atoms with Gasteiger partial charge in [0.1, 0.15) is 0 Å². The van der Waals surface area contributed by atoms with Gasteiger partial charge in [-0.05, 0) is 54.6 Å². The van der Waals surface area contributed by atoms with E-state index >= 15 is 0 Å². The SMILES string of the molecule is CCCCN1C[C@](O)(CCCC)C=C2c3cccc4[nH]cc(c34)C[C@H]21. The minimum atomic E-state index is -0.689. The molecular formula is C22H30N2O. The maximum Gasteiger partial charge on any atom is 0.0960 e. The van der Waals surface area contributed by atoms with Crippen molar-refractivity contribution in [2.24, 2.45) is 0 Å². The summed E-state index contributed by atoms with van der Waals surface area (Å²) < 4.78 is 0. The smallest absolute Gasteiger partial charge is 0.0960 e. The zero-order valence-corrected chi connectivity index (χ0v) is 15.5. The van der Waals surface area contributed by atoms with E-state index in [0.29, 0.717) is 6.04 Å². The monoisotopic (exact) mass is 338 g/mol. The Labute approximate surface area is 150 Å². The third kappa shape index (κ3) is 2.94. The average molecular weight is 338 g/mol. The number of nitrogens with one attached hydrogen (secondary N) is 1. The van der Waals surface area contributed by atoms with Crippen LogP contribution in [0.25, 0.3) is 16.5 Å². The second kappa shape index (κ2) is 6.62. The lowest BCUT2D eigenvalue weighted by Crippen LogP contribution is -2.52. The van der Waals surface area contributed by atoms with Crippen molar-refractivity contribution in [3.63, 3.8) is 0 Å². The number of rotatable bonds is 6. The number of aromatic nitrogens is 1. The van der Waals surface area contributed by atoms with Crippen molar-refractivity contribution in [2.75, 3.05) is 13.1 Å². The Morgan fingerprint density at radius 3 is 2.88 bits per heavy atom. The molecule has 3 heteroatoms. The molecule has 0 fully saturated rings. The molecule has 2 atom stereocenters. The molecule has 0 bridgehead atoms. The predicted octanol–water partition coefficient (Wildman–Crippen LogP) is 4.51. The van der Waals surface area contributed by atoms with E-state index in [-0.39, 0.29) is 0 Å². The van der Waals surface area contributed by atoms with Gasteiger partial charge in [0.2, 0.25) is 0 Å². The fourth-order valence-corrected chi connectivity index (χ4v) is 4.68. The third-order valence-electron chi connectivity index (χ3n) is 5.97. The number of fused-ring (bicyclic) bond motifs is 2. The van der Waals surface area contributed by atoms with Crippen LogP contribution < -0.4 is 0 Å². The summed E-state index contributed by atoms with van der Waals surface area (Å²) >= 11 is 0. The van der Waals surface area contributed by atoms with Crippen LogP contribution in [0.1, 0.15) is 57.1 Å². The average Bonchev–Trinajstić information content (AvgIpc) is 3.03. The van der Waals surface area contributed by atoms with Gasteiger partial charge in [-0.3, -0.25) is 4.90 Å². The van der Waals surface area contributed by atoms with E-state index in [9.17, 15) is 5.11 Å². The second-order valence-corrected chi connectivity index (χ2v) is 7.89. The summed E-state index contributed by atoms with van der Waals surface area (Å²) in [5, 5.41) is 12.7. The fraction of sp³-hybridized carbons (Fsp3) is 0.545. The summed E-state index contributed by atoms with van der Waals surface area (Å²) in [6.07, 6.45) is 10.9. The van der Waals surface area contributed by atoms with Crippen LogP contribution in [0.3, 0.4) is 0 Å². The van der Waals surface area contributed by atoms with Crippen molar-refractivity contribution in [2.45, 2.75) is 64.0 Å². The quantitative estimate of drug-likeness (QED) is 0.813. The second-order valence-electron chi connectivity index (χ2n) is 7.89. The highest BCUT2D eigenvalue weighted by molar-refractivity contribution is 5.98. The molecule has 0 saturated heterocycles. The first kappa shape index (κ1) is 16.9. The van der Waals surface area contributed by atoms with Crippen LogP contribution in [-0.2, 0) is 6.42 Å². The number of nitrogens with zero attached hydrogens (tertiary/aromatic N) is 1. The van der Waals surface area contributed by atoms with Gasteiger partial charge in [-0.25, -0.2) is 0 Å². The number of H-pyrrole nitrogens is 1. The van der Waals surface area contributed by atoms with Gasteiger partial charge >= 0.3 is 0 Å². The van der Waals surface area contributed by atoms with Gasteiger partial charge in [0.15, 0.2) is 0 Å². The first-order valence-corrected chi connectivity index (χ1v) is 9.93. The van der Waals surface area contributed by atoms with Crippen LogP contribution in [-0.4, -0.2) is 39.7 Å². The Morgan fingerprint density at radius 1 is 1.24 bits per heavy atom. The molecule has 25 heavy (non-hydrogen) atoms. The topological polar surface area (TPSA) is 39.3 Å². The van der Waals surface area contributed by atoms with Crippen molar-refractivity contribution in [1.82, 2.24) is 9.88 Å². The number of hydrogen-bond donors (Lipinski definition) is 2. The molecular weight excluding hydrogens is 308 g/mol. The van der Waals surface area contributed by atoms with E-state index in [1.165, 1.54) is 40.4 Å². The van der Waals surface area contributed by atoms with E-state index in [1.54, 1.807) is 0 Å². The van der Waals surface area contributed by atoms with Gasteiger partial charge in [-0.2, -0.15) is 0 Å². The van der Waals surface area contributed by atoms with E-state index in [0.717, 1.165) is 38.8 Å². The minimum Gasteiger partial charge on any atom is -0.384 e. The highest BCUT2D eigenvalue weighted by Gasteiger charge is 2.40. The van der Waals surface area contributed by atoms with Gasteiger partial charge in [0.05, 0.1) is 5.60 Å². The number of benzene rings is 1. The molecule has 0 amide bonds. The van der Waals surface area contributed by atoms with Crippen molar-refractivity contribution >= 4 is 16.5 Å². The number of unbranched alkanes of at least 4 members (excludes halogenated alkanes) is 2. The molecule has 3 nitrogen and oxygen atoms in total. The van der Waals surface area contributed by atoms with Crippen molar-refractivity contribution in [3.8, 4) is 0 Å². The molecule has 1 aliphatic heterocycles. The lowest BCUT2D eigenvalue weighted by atomic mass is 9.77. The Morgan fingerprint density at radius 2 is 2.08 bits per heavy atom. The molecule has 4 rings (SSSR count). The lowest BCUT2D eigenvalue weighted by Gasteiger charge is -2.45. The van der Waals surface area contributed by atoms with E-state index < -0.39 is 5.60 Å². The van der Waals surface area contributed by atoms with Crippen molar-refractivity contribution < 1.29 is 5.11 Å². The number of aliphatic hydroxyl groups is 1. The Hall–Kier alpha value is -1.58. The number of aromatic amines is 1. The highest BCUT2D eigenvalue weighted by Crippen LogP contribution is 2.42. The highest BCUT2D eigenvalue weighted by atomic mass is 16.3. The maximum atomic E-state index is 11.3. The summed E-state index contributed by atoms with van der Waals surface area (Å²) in [6.45, 7) is 6.29. The molecule has 0 saturated carbocycles. The van der Waals surface area contributed by atoms with Crippen molar-refractivity contribution in [3.05, 3.63) is 41.6 Å². The first-order chi connectivity index (χ1) is 12.1. The third-order valence-corrected chi connectivity index (χ3v) is 5.97. The van der Waals surface area contributed by atoms with E-state index in [1.807, 2.05) is 0 Å².